The van der Waals surface area contributed by atoms with Gasteiger partial charge in [0.25, 0.3) is 0 Å². The zero-order valence-corrected chi connectivity index (χ0v) is 62.3. The Kier molecular flexibility index (Phi) is 57.1. The van der Waals surface area contributed by atoms with Crippen LogP contribution >= 0.6 is 0 Å². The van der Waals surface area contributed by atoms with Crippen molar-refractivity contribution < 1.29 is 48.5 Å². The zero-order chi connectivity index (χ0) is 71.7. The molecule has 5 rings (SSSR count). The van der Waals surface area contributed by atoms with E-state index in [0.717, 1.165) is 77.0 Å². The van der Waals surface area contributed by atoms with E-state index >= 15 is 0 Å². The number of ether oxygens (including phenoxy) is 2. The number of carbonyl (C=O) groups excluding carboxylic acids is 4. The summed E-state index contributed by atoms with van der Waals surface area (Å²) in [5.74, 6) is -0.0611. The van der Waals surface area contributed by atoms with E-state index in [1.54, 1.807) is 0 Å². The number of nitrogens with one attached hydrogen (secondary N) is 3. The molecule has 0 aliphatic carbocycles. The van der Waals surface area contributed by atoms with Crippen LogP contribution in [0.2, 0.25) is 0 Å². The fourth-order valence-corrected chi connectivity index (χ4v) is 13.3. The normalized spacial score (nSPS) is 11.0. The highest BCUT2D eigenvalue weighted by molar-refractivity contribution is 6.32. The van der Waals surface area contributed by atoms with Crippen LogP contribution in [0.3, 0.4) is 0 Å². The van der Waals surface area contributed by atoms with Crippen molar-refractivity contribution >= 4 is 79.3 Å². The first kappa shape index (κ1) is 88.7. The van der Waals surface area contributed by atoms with Crippen molar-refractivity contribution in [3.05, 3.63) is 72.8 Å². The fourth-order valence-electron chi connectivity index (χ4n) is 13.3. The lowest BCUT2D eigenvalue weighted by molar-refractivity contribution is -0.144. The molecule has 0 spiro atoms. The maximum Gasteiger partial charge on any atom is 0.402 e. The Balaban J connectivity index is 0.000000956. The van der Waals surface area contributed by atoms with E-state index in [1.165, 1.54) is 287 Å². The van der Waals surface area contributed by atoms with E-state index in [2.05, 4.69) is 114 Å². The van der Waals surface area contributed by atoms with Gasteiger partial charge in [-0.05, 0) is 81.6 Å². The average Bonchev–Trinajstić information content (AvgIpc) is 0.729. The summed E-state index contributed by atoms with van der Waals surface area (Å²) < 4.78 is 10.9. The summed E-state index contributed by atoms with van der Waals surface area (Å²) >= 11 is 0. The van der Waals surface area contributed by atoms with Crippen LogP contribution in [0.4, 0.5) is 19.2 Å². The summed E-state index contributed by atoms with van der Waals surface area (Å²) in [5.41, 5.74) is 8.06. The first-order valence-electron chi connectivity index (χ1n) is 40.0. The molecule has 0 aliphatic heterocycles. The van der Waals surface area contributed by atoms with Crippen molar-refractivity contribution in [2.75, 3.05) is 26.3 Å². The Morgan fingerprint density at radius 3 is 0.737 bits per heavy atom. The van der Waals surface area contributed by atoms with Crippen LogP contribution in [0.15, 0.2) is 72.8 Å². The minimum Gasteiger partial charge on any atom is -0.466 e. The highest BCUT2D eigenvalue weighted by Crippen LogP contribution is 2.40. The van der Waals surface area contributed by atoms with Gasteiger partial charge in [-0.15, -0.1) is 0 Å². The quantitative estimate of drug-likeness (QED) is 0.00839. The largest absolute Gasteiger partial charge is 0.466 e. The van der Waals surface area contributed by atoms with Crippen LogP contribution in [-0.4, -0.2) is 72.7 Å². The number of primary amides is 2. The van der Waals surface area contributed by atoms with Gasteiger partial charge in [-0.2, -0.15) is 0 Å². The van der Waals surface area contributed by atoms with Crippen molar-refractivity contribution in [1.82, 2.24) is 16.0 Å². The molecule has 15 heteroatoms. The Morgan fingerprint density at radius 2 is 0.505 bits per heavy atom. The molecule has 15 nitrogen and oxygen atoms in total. The van der Waals surface area contributed by atoms with Crippen molar-refractivity contribution in [2.24, 2.45) is 11.5 Å². The van der Waals surface area contributed by atoms with Crippen LogP contribution in [0, 0.1) is 0 Å². The minimum atomic E-state index is -1.33. The second kappa shape index (κ2) is 63.8. The lowest BCUT2D eigenvalue weighted by Gasteiger charge is -2.13. The lowest BCUT2D eigenvalue weighted by Crippen LogP contribution is -2.45. The summed E-state index contributed by atoms with van der Waals surface area (Å²) in [4.78, 5) is 65.9. The molecule has 0 heterocycles. The van der Waals surface area contributed by atoms with Crippen molar-refractivity contribution in [3.8, 4) is 0 Å². The number of imide groups is 1. The van der Waals surface area contributed by atoms with Crippen LogP contribution in [0.5, 0.6) is 0 Å². The predicted octanol–water partition coefficient (Wildman–Crippen LogP) is 24.4. The summed E-state index contributed by atoms with van der Waals surface area (Å²) in [5, 5.41) is 33.2. The number of carbonyl (C=O) groups is 6. The predicted molar refractivity (Wildman–Crippen MR) is 415 cm³/mol. The molecular formula is C84H139N5O10. The van der Waals surface area contributed by atoms with Gasteiger partial charge in [-0.3, -0.25) is 14.9 Å². The highest BCUT2D eigenvalue weighted by atomic mass is 16.5. The number of fused-ring (bicyclic) bond motifs is 2. The van der Waals surface area contributed by atoms with E-state index in [0.29, 0.717) is 39.1 Å². The molecule has 0 unspecified atom stereocenters. The molecule has 0 atom stereocenters. The average molecular weight is 1380 g/mol. The third-order valence-electron chi connectivity index (χ3n) is 18.8. The number of benzene rings is 5. The van der Waals surface area contributed by atoms with Crippen LogP contribution in [-0.2, 0) is 19.1 Å². The molecule has 0 aliphatic rings. The first-order valence-corrected chi connectivity index (χ1v) is 40.0. The van der Waals surface area contributed by atoms with E-state index in [1.807, 2.05) is 0 Å². The van der Waals surface area contributed by atoms with Gasteiger partial charge >= 0.3 is 36.2 Å². The molecule has 0 saturated carbocycles. The molecule has 0 saturated heterocycles. The fraction of sp³-hybridized carbons (Fsp3) is 0.690. The second-order valence-corrected chi connectivity index (χ2v) is 27.6. The van der Waals surface area contributed by atoms with Gasteiger partial charge in [0.2, 0.25) is 0 Å². The smallest absolute Gasteiger partial charge is 0.402 e. The molecule has 6 amide bonds. The van der Waals surface area contributed by atoms with Crippen LogP contribution in [0.25, 0.3) is 43.1 Å². The Hall–Kier alpha value is -6.38. The molecule has 0 fully saturated rings. The molecular weight excluding hydrogens is 1240 g/mol. The van der Waals surface area contributed by atoms with Gasteiger partial charge in [0.15, 0.2) is 0 Å². The Bertz CT molecular complexity index is 2520. The molecule has 9 N–H and O–H groups in total. The third-order valence-corrected chi connectivity index (χ3v) is 18.8. The van der Waals surface area contributed by atoms with Gasteiger partial charge in [0.05, 0.1) is 13.2 Å². The van der Waals surface area contributed by atoms with E-state index in [9.17, 15) is 19.2 Å². The molecule has 0 aromatic heterocycles. The number of unbranched alkanes of at least 4 members (excludes halogenated alkanes) is 46. The van der Waals surface area contributed by atoms with E-state index in [-0.39, 0.29) is 11.9 Å². The number of rotatable bonds is 58. The molecule has 5 aromatic carbocycles. The number of hydrogen-bond acceptors (Lipinski definition) is 8. The number of nitrogens with two attached hydrogens (primary N) is 2. The first-order chi connectivity index (χ1) is 48.4. The SMILES string of the molecule is CCCCCCCCCCCCCCCCCCOC(=O)CCCCCCCCCCCNC(=O)NC(=O)NCCCCCCCCCCCC(=O)OCCCCCCCCCCCCCCCCCC.NC(=O)O.NC(=O)O.c1cc2cccc3c4cccc5cccc(c(c1)c23)c54. The topological polar surface area (TPSA) is 249 Å². The minimum absolute atomic E-state index is 0.0305. The van der Waals surface area contributed by atoms with Gasteiger partial charge in [0, 0.05) is 25.9 Å². The summed E-state index contributed by atoms with van der Waals surface area (Å²) in [6.45, 7) is 6.87. The van der Waals surface area contributed by atoms with E-state index < -0.39 is 24.2 Å². The third kappa shape index (κ3) is 49.7. The number of amides is 6. The highest BCUT2D eigenvalue weighted by Gasteiger charge is 2.13. The molecule has 0 bridgehead atoms. The number of carboxylic acid groups (broad SMARTS) is 2. The lowest BCUT2D eigenvalue weighted by atomic mass is 9.90. The van der Waals surface area contributed by atoms with Crippen molar-refractivity contribution in [1.29, 1.82) is 0 Å². The van der Waals surface area contributed by atoms with Crippen molar-refractivity contribution in [3.63, 3.8) is 0 Å². The molecule has 560 valence electrons. The number of hydrogen-bond donors (Lipinski definition) is 7. The maximum atomic E-state index is 12.1. The van der Waals surface area contributed by atoms with Gasteiger partial charge in [-0.25, -0.2) is 19.2 Å². The van der Waals surface area contributed by atoms with Gasteiger partial charge < -0.3 is 41.8 Å². The summed E-state index contributed by atoms with van der Waals surface area (Å²) in [7, 11) is 0. The Labute approximate surface area is 599 Å². The molecule has 99 heavy (non-hydrogen) atoms. The second-order valence-electron chi connectivity index (χ2n) is 27.6. The summed E-state index contributed by atoms with van der Waals surface area (Å²) in [6, 6.07) is 25.6. The number of urea groups is 2. The van der Waals surface area contributed by atoms with E-state index in [4.69, 9.17) is 29.3 Å². The standard InChI is InChI=1S/C62H121N3O6.C20H12.2CH3NO2/c1-3-5-7-9-11-13-15-17-19-21-23-25-33-39-45-51-57-70-59(66)53-47-41-35-29-27-31-37-43-49-55-63-61(68)65-62(69)64-56-50-44-38-32-28-30-36-42-48-54-60(67)71-58-52-46-40-34-26-24-22-20-18-16-14-12-10-8-6-4-2;1-5-13-6-2-11-17-18-12-4-8-14-7-3-10-16(20(14)18)15(9-1)19(13)17;2*2-1(3)4/h3-58H2,1-2H3,(H3,63,64,65,68,69);1-12H;2*2H2,(H,3,4). The maximum absolute atomic E-state index is 12.1. The number of esters is 2. The summed E-state index contributed by atoms with van der Waals surface area (Å²) in [6.07, 6.45) is 61.4. The monoisotopic (exact) mass is 1380 g/mol. The van der Waals surface area contributed by atoms with Crippen LogP contribution in [0.1, 0.15) is 348 Å². The molecule has 5 aromatic rings. The van der Waals surface area contributed by atoms with Gasteiger partial charge in [0.1, 0.15) is 0 Å². The molecule has 0 radical (unpaired) electrons. The van der Waals surface area contributed by atoms with Crippen LogP contribution < -0.4 is 27.4 Å². The van der Waals surface area contributed by atoms with Crippen molar-refractivity contribution in [2.45, 2.75) is 348 Å². The van der Waals surface area contributed by atoms with Gasteiger partial charge in [-0.1, -0.05) is 369 Å². The zero-order valence-electron chi connectivity index (χ0n) is 62.3. The Morgan fingerprint density at radius 1 is 0.303 bits per heavy atom.